The van der Waals surface area contributed by atoms with Gasteiger partial charge in [0, 0.05) is 6.04 Å². The van der Waals surface area contributed by atoms with Crippen LogP contribution in [0, 0.1) is 5.92 Å². The van der Waals surface area contributed by atoms with Crippen LogP contribution in [0.5, 0.6) is 0 Å². The quantitative estimate of drug-likeness (QED) is 0.911. The van der Waals surface area contributed by atoms with Crippen LogP contribution >= 0.6 is 15.9 Å². The van der Waals surface area contributed by atoms with E-state index in [1.807, 2.05) is 18.5 Å². The second-order valence-corrected chi connectivity index (χ2v) is 8.19. The molecule has 0 amide bonds. The lowest BCUT2D eigenvalue weighted by Gasteiger charge is -2.21. The first-order chi connectivity index (χ1) is 8.32. The van der Waals surface area contributed by atoms with Crippen molar-refractivity contribution in [3.63, 3.8) is 0 Å². The van der Waals surface area contributed by atoms with Crippen molar-refractivity contribution in [2.45, 2.75) is 32.4 Å². The molecule has 1 saturated heterocycles. The van der Waals surface area contributed by atoms with Crippen LogP contribution in [-0.4, -0.2) is 29.7 Å². The molecular formula is C11H18BrN3O2S. The maximum absolute atomic E-state index is 11.5. The van der Waals surface area contributed by atoms with E-state index in [1.54, 1.807) is 6.20 Å². The highest BCUT2D eigenvalue weighted by Crippen LogP contribution is 2.34. The molecule has 1 aromatic rings. The Morgan fingerprint density at radius 1 is 1.56 bits per heavy atom. The summed E-state index contributed by atoms with van der Waals surface area (Å²) in [6.45, 7) is 4.06. The van der Waals surface area contributed by atoms with Gasteiger partial charge in [0.2, 0.25) is 0 Å². The third kappa shape index (κ3) is 2.62. The molecule has 0 saturated carbocycles. The zero-order valence-corrected chi connectivity index (χ0v) is 12.9. The van der Waals surface area contributed by atoms with Crippen LogP contribution in [-0.2, 0) is 9.84 Å². The molecule has 0 aromatic carbocycles. The Labute approximate surface area is 116 Å². The molecule has 1 aliphatic heterocycles. The summed E-state index contributed by atoms with van der Waals surface area (Å²) in [6.07, 6.45) is 2.36. The van der Waals surface area contributed by atoms with Gasteiger partial charge in [0.05, 0.1) is 33.9 Å². The summed E-state index contributed by atoms with van der Waals surface area (Å²) in [5, 5.41) is 4.28. The van der Waals surface area contributed by atoms with Gasteiger partial charge in [0.15, 0.2) is 9.84 Å². The average Bonchev–Trinajstić information content (AvgIpc) is 2.80. The lowest BCUT2D eigenvalue weighted by molar-refractivity contribution is 0.417. The number of hydrogen-bond donors (Lipinski definition) is 1. The van der Waals surface area contributed by atoms with E-state index in [0.717, 1.165) is 10.2 Å². The predicted molar refractivity (Wildman–Crippen MR) is 74.0 cm³/mol. The Morgan fingerprint density at radius 3 is 2.72 bits per heavy atom. The van der Waals surface area contributed by atoms with Crippen LogP contribution in [0.2, 0.25) is 0 Å². The van der Waals surface area contributed by atoms with E-state index in [4.69, 9.17) is 5.73 Å². The number of sulfone groups is 1. The van der Waals surface area contributed by atoms with Gasteiger partial charge in [0.25, 0.3) is 0 Å². The SMILES string of the molecule is CC(C)n1ncc(Br)c1C(N)C1CCS(=O)(=O)C1. The Balaban J connectivity index is 2.29. The number of nitrogens with two attached hydrogens (primary N) is 1. The molecule has 1 fully saturated rings. The molecule has 0 spiro atoms. The number of halogens is 1. The molecule has 2 atom stereocenters. The third-order valence-corrected chi connectivity index (χ3v) is 5.77. The molecule has 18 heavy (non-hydrogen) atoms. The molecular weight excluding hydrogens is 318 g/mol. The first kappa shape index (κ1) is 14.0. The van der Waals surface area contributed by atoms with E-state index >= 15 is 0 Å². The number of aromatic nitrogens is 2. The molecule has 0 aliphatic carbocycles. The maximum Gasteiger partial charge on any atom is 0.150 e. The monoisotopic (exact) mass is 335 g/mol. The Kier molecular flexibility index (Phi) is 3.85. The number of nitrogens with zero attached hydrogens (tertiary/aromatic N) is 2. The second kappa shape index (κ2) is 4.94. The summed E-state index contributed by atoms with van der Waals surface area (Å²) < 4.78 is 25.8. The van der Waals surface area contributed by atoms with Gasteiger partial charge in [-0.2, -0.15) is 5.10 Å². The first-order valence-electron chi connectivity index (χ1n) is 6.00. The summed E-state index contributed by atoms with van der Waals surface area (Å²) >= 11 is 3.45. The number of hydrogen-bond acceptors (Lipinski definition) is 4. The van der Waals surface area contributed by atoms with Gasteiger partial charge in [0.1, 0.15) is 0 Å². The fourth-order valence-electron chi connectivity index (χ4n) is 2.40. The van der Waals surface area contributed by atoms with Crippen LogP contribution in [0.1, 0.15) is 38.0 Å². The van der Waals surface area contributed by atoms with Gasteiger partial charge in [-0.25, -0.2) is 8.42 Å². The van der Waals surface area contributed by atoms with Crippen molar-refractivity contribution in [1.29, 1.82) is 0 Å². The van der Waals surface area contributed by atoms with Crippen LogP contribution in [0.25, 0.3) is 0 Å². The van der Waals surface area contributed by atoms with Gasteiger partial charge in [-0.3, -0.25) is 4.68 Å². The second-order valence-electron chi connectivity index (χ2n) is 5.10. The molecule has 2 heterocycles. The van der Waals surface area contributed by atoms with Gasteiger partial charge in [-0.1, -0.05) is 0 Å². The van der Waals surface area contributed by atoms with Gasteiger partial charge < -0.3 is 5.73 Å². The molecule has 5 nitrogen and oxygen atoms in total. The zero-order valence-electron chi connectivity index (χ0n) is 10.5. The minimum absolute atomic E-state index is 0.0134. The molecule has 2 N–H and O–H groups in total. The molecule has 1 aromatic heterocycles. The highest BCUT2D eigenvalue weighted by Gasteiger charge is 2.35. The van der Waals surface area contributed by atoms with Crippen LogP contribution < -0.4 is 5.73 Å². The molecule has 2 unspecified atom stereocenters. The first-order valence-corrected chi connectivity index (χ1v) is 8.62. The smallest absolute Gasteiger partial charge is 0.150 e. The van der Waals surface area contributed by atoms with E-state index in [-0.39, 0.29) is 29.5 Å². The topological polar surface area (TPSA) is 78.0 Å². The van der Waals surface area contributed by atoms with Gasteiger partial charge in [-0.15, -0.1) is 0 Å². The van der Waals surface area contributed by atoms with Crippen molar-refractivity contribution in [1.82, 2.24) is 9.78 Å². The summed E-state index contributed by atoms with van der Waals surface area (Å²) in [6, 6.07) is -0.0862. The molecule has 0 radical (unpaired) electrons. The maximum atomic E-state index is 11.5. The van der Waals surface area contributed by atoms with Gasteiger partial charge in [-0.05, 0) is 42.1 Å². The van der Waals surface area contributed by atoms with Crippen LogP contribution in [0.4, 0.5) is 0 Å². The minimum Gasteiger partial charge on any atom is -0.322 e. The zero-order chi connectivity index (χ0) is 13.5. The average molecular weight is 336 g/mol. The standard InChI is InChI=1S/C11H18BrN3O2S/c1-7(2)15-11(9(12)5-14-15)10(13)8-3-4-18(16,17)6-8/h5,7-8,10H,3-4,6,13H2,1-2H3. The molecule has 2 rings (SSSR count). The van der Waals surface area contributed by atoms with Crippen LogP contribution in [0.15, 0.2) is 10.7 Å². The van der Waals surface area contributed by atoms with Crippen molar-refractivity contribution in [3.05, 3.63) is 16.4 Å². The third-order valence-electron chi connectivity index (χ3n) is 3.37. The Morgan fingerprint density at radius 2 is 2.22 bits per heavy atom. The fraction of sp³-hybridized carbons (Fsp3) is 0.727. The minimum atomic E-state index is -2.90. The highest BCUT2D eigenvalue weighted by atomic mass is 79.9. The molecule has 102 valence electrons. The molecule has 7 heteroatoms. The summed E-state index contributed by atoms with van der Waals surface area (Å²) in [5.74, 6) is 0.420. The van der Waals surface area contributed by atoms with E-state index in [9.17, 15) is 8.42 Å². The van der Waals surface area contributed by atoms with Crippen molar-refractivity contribution in [2.24, 2.45) is 11.7 Å². The largest absolute Gasteiger partial charge is 0.322 e. The fourth-order valence-corrected chi connectivity index (χ4v) is 4.80. The lowest BCUT2D eigenvalue weighted by Crippen LogP contribution is -2.26. The molecule has 1 aliphatic rings. The normalized spacial score (nSPS) is 24.6. The lowest BCUT2D eigenvalue weighted by atomic mass is 9.97. The van der Waals surface area contributed by atoms with Gasteiger partial charge >= 0.3 is 0 Å². The number of rotatable bonds is 3. The molecule has 0 bridgehead atoms. The summed E-state index contributed by atoms with van der Waals surface area (Å²) in [4.78, 5) is 0. The van der Waals surface area contributed by atoms with E-state index in [1.165, 1.54) is 0 Å². The van der Waals surface area contributed by atoms with E-state index in [2.05, 4.69) is 21.0 Å². The summed E-state index contributed by atoms with van der Waals surface area (Å²) in [7, 11) is -2.90. The van der Waals surface area contributed by atoms with Crippen molar-refractivity contribution >= 4 is 25.8 Å². The van der Waals surface area contributed by atoms with Crippen LogP contribution in [0.3, 0.4) is 0 Å². The predicted octanol–water partition coefficient (Wildman–Crippen LogP) is 1.66. The highest BCUT2D eigenvalue weighted by molar-refractivity contribution is 9.10. The van der Waals surface area contributed by atoms with E-state index in [0.29, 0.717) is 6.42 Å². The van der Waals surface area contributed by atoms with Crippen molar-refractivity contribution < 1.29 is 8.42 Å². The Hall–Kier alpha value is -0.400. The Bertz CT molecular complexity index is 538. The van der Waals surface area contributed by atoms with Crippen molar-refractivity contribution in [2.75, 3.05) is 11.5 Å². The van der Waals surface area contributed by atoms with Crippen molar-refractivity contribution in [3.8, 4) is 0 Å². The summed E-state index contributed by atoms with van der Waals surface area (Å²) in [5.41, 5.74) is 7.15. The van der Waals surface area contributed by atoms with E-state index < -0.39 is 9.84 Å².